The number of carbonyl (C=O) groups excluding carboxylic acids is 1. The Labute approximate surface area is 148 Å². The number of aryl methyl sites for hydroxylation is 1. The fourth-order valence-electron chi connectivity index (χ4n) is 2.89. The Morgan fingerprint density at radius 3 is 2.68 bits per heavy atom. The summed E-state index contributed by atoms with van der Waals surface area (Å²) in [6.07, 6.45) is 0.744. The van der Waals surface area contributed by atoms with Crippen molar-refractivity contribution in [2.45, 2.75) is 20.3 Å². The first kappa shape index (κ1) is 17.1. The molecular formula is C20H24N2O3. The SMILES string of the molecule is CCN(C(=O)NCCc1ccc2c(c1)OCCO2)c1cccc(C)c1. The summed E-state index contributed by atoms with van der Waals surface area (Å²) >= 11 is 0. The van der Waals surface area contributed by atoms with E-state index in [1.807, 2.05) is 56.3 Å². The van der Waals surface area contributed by atoms with E-state index in [2.05, 4.69) is 5.32 Å². The third-order valence-corrected chi connectivity index (χ3v) is 4.17. The predicted molar refractivity (Wildman–Crippen MR) is 98.7 cm³/mol. The van der Waals surface area contributed by atoms with E-state index in [9.17, 15) is 4.79 Å². The maximum atomic E-state index is 12.5. The van der Waals surface area contributed by atoms with Gasteiger partial charge in [0, 0.05) is 18.8 Å². The Bertz CT molecular complexity index is 745. The summed E-state index contributed by atoms with van der Waals surface area (Å²) in [5.74, 6) is 1.57. The lowest BCUT2D eigenvalue weighted by atomic mass is 10.1. The van der Waals surface area contributed by atoms with Gasteiger partial charge in [-0.25, -0.2) is 4.79 Å². The Morgan fingerprint density at radius 2 is 1.92 bits per heavy atom. The van der Waals surface area contributed by atoms with Crippen molar-refractivity contribution < 1.29 is 14.3 Å². The molecule has 1 aliphatic rings. The number of urea groups is 1. The minimum Gasteiger partial charge on any atom is -0.486 e. The molecule has 1 aliphatic heterocycles. The van der Waals surface area contributed by atoms with Crippen molar-refractivity contribution >= 4 is 11.7 Å². The van der Waals surface area contributed by atoms with Crippen molar-refractivity contribution in [3.05, 3.63) is 53.6 Å². The zero-order valence-corrected chi connectivity index (χ0v) is 14.7. The quantitative estimate of drug-likeness (QED) is 0.906. The Kier molecular flexibility index (Phi) is 5.43. The molecule has 0 aliphatic carbocycles. The topological polar surface area (TPSA) is 50.8 Å². The van der Waals surface area contributed by atoms with E-state index in [0.29, 0.717) is 26.3 Å². The van der Waals surface area contributed by atoms with Crippen molar-refractivity contribution in [1.29, 1.82) is 0 Å². The number of hydrogen-bond acceptors (Lipinski definition) is 3. The fourth-order valence-corrected chi connectivity index (χ4v) is 2.89. The summed E-state index contributed by atoms with van der Waals surface area (Å²) < 4.78 is 11.1. The molecule has 0 saturated heterocycles. The van der Waals surface area contributed by atoms with Gasteiger partial charge in [0.1, 0.15) is 13.2 Å². The zero-order chi connectivity index (χ0) is 17.6. The fraction of sp³-hybridized carbons (Fsp3) is 0.350. The van der Waals surface area contributed by atoms with Crippen molar-refractivity contribution in [2.24, 2.45) is 0 Å². The number of hydrogen-bond donors (Lipinski definition) is 1. The summed E-state index contributed by atoms with van der Waals surface area (Å²) in [6.45, 7) is 6.36. The molecule has 25 heavy (non-hydrogen) atoms. The van der Waals surface area contributed by atoms with Gasteiger partial charge in [-0.2, -0.15) is 0 Å². The molecule has 5 heteroatoms. The van der Waals surface area contributed by atoms with Crippen LogP contribution >= 0.6 is 0 Å². The number of carbonyl (C=O) groups is 1. The summed E-state index contributed by atoms with van der Waals surface area (Å²) in [5.41, 5.74) is 3.17. The van der Waals surface area contributed by atoms with E-state index in [4.69, 9.17) is 9.47 Å². The van der Waals surface area contributed by atoms with Crippen LogP contribution in [0.15, 0.2) is 42.5 Å². The minimum absolute atomic E-state index is 0.0781. The number of rotatable bonds is 5. The third kappa shape index (κ3) is 4.24. The lowest BCUT2D eigenvalue weighted by molar-refractivity contribution is 0.171. The molecule has 0 aromatic heterocycles. The van der Waals surface area contributed by atoms with Crippen molar-refractivity contribution in [1.82, 2.24) is 5.32 Å². The first-order chi connectivity index (χ1) is 12.2. The van der Waals surface area contributed by atoms with Crippen LogP contribution < -0.4 is 19.7 Å². The van der Waals surface area contributed by atoms with E-state index in [0.717, 1.165) is 34.7 Å². The van der Waals surface area contributed by atoms with Gasteiger partial charge in [-0.05, 0) is 55.7 Å². The lowest BCUT2D eigenvalue weighted by Gasteiger charge is -2.22. The molecule has 0 spiro atoms. The maximum Gasteiger partial charge on any atom is 0.321 e. The molecule has 0 unspecified atom stereocenters. The van der Waals surface area contributed by atoms with Gasteiger partial charge in [-0.3, -0.25) is 4.90 Å². The Hall–Kier alpha value is -2.69. The molecule has 0 radical (unpaired) electrons. The lowest BCUT2D eigenvalue weighted by Crippen LogP contribution is -2.40. The predicted octanol–water partition coefficient (Wildman–Crippen LogP) is 3.54. The van der Waals surface area contributed by atoms with Crippen LogP contribution in [0.2, 0.25) is 0 Å². The van der Waals surface area contributed by atoms with Crippen LogP contribution in [0, 0.1) is 6.92 Å². The van der Waals surface area contributed by atoms with Gasteiger partial charge in [0.05, 0.1) is 0 Å². The van der Waals surface area contributed by atoms with Crippen LogP contribution in [0.5, 0.6) is 11.5 Å². The van der Waals surface area contributed by atoms with Crippen LogP contribution in [0.25, 0.3) is 0 Å². The van der Waals surface area contributed by atoms with E-state index < -0.39 is 0 Å². The molecule has 0 fully saturated rings. The van der Waals surface area contributed by atoms with Gasteiger partial charge in [0.2, 0.25) is 0 Å². The zero-order valence-electron chi connectivity index (χ0n) is 14.7. The number of nitrogens with zero attached hydrogens (tertiary/aromatic N) is 1. The summed E-state index contributed by atoms with van der Waals surface area (Å²) in [7, 11) is 0. The number of ether oxygens (including phenoxy) is 2. The first-order valence-corrected chi connectivity index (χ1v) is 8.68. The molecule has 132 valence electrons. The van der Waals surface area contributed by atoms with Gasteiger partial charge in [0.15, 0.2) is 11.5 Å². The molecule has 1 heterocycles. The second kappa shape index (κ2) is 7.92. The molecular weight excluding hydrogens is 316 g/mol. The number of amides is 2. The average Bonchev–Trinajstić information content (AvgIpc) is 2.62. The minimum atomic E-state index is -0.0781. The third-order valence-electron chi connectivity index (χ3n) is 4.17. The van der Waals surface area contributed by atoms with Crippen LogP contribution in [0.3, 0.4) is 0 Å². The number of nitrogens with one attached hydrogen (secondary N) is 1. The Balaban J connectivity index is 1.56. The maximum absolute atomic E-state index is 12.5. The number of anilines is 1. The molecule has 0 bridgehead atoms. The highest BCUT2D eigenvalue weighted by Gasteiger charge is 2.14. The number of benzene rings is 2. The monoisotopic (exact) mass is 340 g/mol. The second-order valence-electron chi connectivity index (χ2n) is 6.04. The summed E-state index contributed by atoms with van der Waals surface area (Å²) in [6, 6.07) is 13.8. The standard InChI is InChI=1S/C20H24N2O3/c1-3-22(17-6-4-5-15(2)13-17)20(23)21-10-9-16-7-8-18-19(14-16)25-12-11-24-18/h4-8,13-14H,3,9-12H2,1-2H3,(H,21,23). The summed E-state index contributed by atoms with van der Waals surface area (Å²) in [4.78, 5) is 14.2. The van der Waals surface area contributed by atoms with Crippen molar-refractivity contribution in [2.75, 3.05) is 31.2 Å². The normalized spacial score (nSPS) is 12.6. The highest BCUT2D eigenvalue weighted by atomic mass is 16.6. The first-order valence-electron chi connectivity index (χ1n) is 8.68. The van der Waals surface area contributed by atoms with E-state index >= 15 is 0 Å². The smallest absolute Gasteiger partial charge is 0.321 e. The van der Waals surface area contributed by atoms with Crippen LogP contribution in [0.1, 0.15) is 18.1 Å². The molecule has 2 aromatic carbocycles. The summed E-state index contributed by atoms with van der Waals surface area (Å²) in [5, 5.41) is 3.00. The molecule has 2 amide bonds. The van der Waals surface area contributed by atoms with Gasteiger partial charge >= 0.3 is 6.03 Å². The van der Waals surface area contributed by atoms with E-state index in [1.165, 1.54) is 0 Å². The van der Waals surface area contributed by atoms with Crippen LogP contribution in [0.4, 0.5) is 10.5 Å². The van der Waals surface area contributed by atoms with Crippen molar-refractivity contribution in [3.63, 3.8) is 0 Å². The molecule has 0 saturated carbocycles. The van der Waals surface area contributed by atoms with Crippen LogP contribution in [-0.2, 0) is 6.42 Å². The highest BCUT2D eigenvalue weighted by Crippen LogP contribution is 2.30. The van der Waals surface area contributed by atoms with Gasteiger partial charge in [-0.15, -0.1) is 0 Å². The molecule has 0 atom stereocenters. The van der Waals surface area contributed by atoms with E-state index in [-0.39, 0.29) is 6.03 Å². The van der Waals surface area contributed by atoms with Gasteiger partial charge in [0.25, 0.3) is 0 Å². The van der Waals surface area contributed by atoms with Gasteiger partial charge < -0.3 is 14.8 Å². The van der Waals surface area contributed by atoms with Crippen LogP contribution in [-0.4, -0.2) is 32.3 Å². The second-order valence-corrected chi connectivity index (χ2v) is 6.04. The van der Waals surface area contributed by atoms with Gasteiger partial charge in [-0.1, -0.05) is 18.2 Å². The molecule has 1 N–H and O–H groups in total. The Morgan fingerprint density at radius 1 is 1.12 bits per heavy atom. The largest absolute Gasteiger partial charge is 0.486 e. The molecule has 2 aromatic rings. The van der Waals surface area contributed by atoms with Crippen molar-refractivity contribution in [3.8, 4) is 11.5 Å². The average molecular weight is 340 g/mol. The molecule has 3 rings (SSSR count). The molecule has 5 nitrogen and oxygen atoms in total. The number of fused-ring (bicyclic) bond motifs is 1. The highest BCUT2D eigenvalue weighted by molar-refractivity contribution is 5.91. The van der Waals surface area contributed by atoms with E-state index in [1.54, 1.807) is 4.90 Å².